The first-order valence-electron chi connectivity index (χ1n) is 7.90. The molecular formula is C19H22ClNO4. The van der Waals surface area contributed by atoms with Gasteiger partial charge in [-0.3, -0.25) is 4.79 Å². The minimum absolute atomic E-state index is 0.221. The highest BCUT2D eigenvalue weighted by molar-refractivity contribution is 6.30. The third-order valence-electron chi connectivity index (χ3n) is 3.45. The van der Waals surface area contributed by atoms with Gasteiger partial charge in [-0.1, -0.05) is 11.6 Å². The third-order valence-corrected chi connectivity index (χ3v) is 3.70. The second-order valence-corrected chi connectivity index (χ2v) is 6.28. The van der Waals surface area contributed by atoms with Gasteiger partial charge < -0.3 is 19.5 Å². The van der Waals surface area contributed by atoms with Crippen molar-refractivity contribution in [3.63, 3.8) is 0 Å². The van der Waals surface area contributed by atoms with E-state index < -0.39 is 5.60 Å². The van der Waals surface area contributed by atoms with Crippen molar-refractivity contribution in [3.8, 4) is 17.2 Å². The van der Waals surface area contributed by atoms with E-state index in [-0.39, 0.29) is 5.91 Å². The van der Waals surface area contributed by atoms with Crippen LogP contribution in [0.2, 0.25) is 5.02 Å². The Hall–Kier alpha value is -2.40. The molecule has 0 fully saturated rings. The fourth-order valence-corrected chi connectivity index (χ4v) is 2.19. The fourth-order valence-electron chi connectivity index (χ4n) is 2.06. The highest BCUT2D eigenvalue weighted by atomic mass is 35.5. The maximum absolute atomic E-state index is 12.3. The van der Waals surface area contributed by atoms with Crippen molar-refractivity contribution in [1.82, 2.24) is 5.32 Å². The number of hydrogen-bond acceptors (Lipinski definition) is 4. The Balaban J connectivity index is 1.76. The summed E-state index contributed by atoms with van der Waals surface area (Å²) >= 11 is 5.84. The number of rotatable bonds is 8. The quantitative estimate of drug-likeness (QED) is 0.726. The Morgan fingerprint density at radius 2 is 1.56 bits per heavy atom. The maximum atomic E-state index is 12.3. The minimum Gasteiger partial charge on any atom is -0.497 e. The molecule has 2 rings (SSSR count). The number of nitrogens with one attached hydrogen (secondary N) is 1. The Morgan fingerprint density at radius 1 is 1.00 bits per heavy atom. The van der Waals surface area contributed by atoms with Crippen LogP contribution < -0.4 is 19.5 Å². The first-order chi connectivity index (χ1) is 11.9. The molecule has 0 bridgehead atoms. The fraction of sp³-hybridized carbons (Fsp3) is 0.316. The summed E-state index contributed by atoms with van der Waals surface area (Å²) in [6, 6.07) is 14.1. The van der Waals surface area contributed by atoms with Crippen molar-refractivity contribution in [2.45, 2.75) is 19.4 Å². The highest BCUT2D eigenvalue weighted by Crippen LogP contribution is 2.21. The van der Waals surface area contributed by atoms with Crippen molar-refractivity contribution >= 4 is 17.5 Å². The molecule has 0 aliphatic carbocycles. The Labute approximate surface area is 152 Å². The van der Waals surface area contributed by atoms with Crippen LogP contribution in [0.4, 0.5) is 0 Å². The van der Waals surface area contributed by atoms with E-state index >= 15 is 0 Å². The van der Waals surface area contributed by atoms with Gasteiger partial charge in [0.25, 0.3) is 5.91 Å². The first kappa shape index (κ1) is 18.9. The molecule has 1 N–H and O–H groups in total. The molecule has 134 valence electrons. The number of hydrogen-bond donors (Lipinski definition) is 1. The highest BCUT2D eigenvalue weighted by Gasteiger charge is 2.29. The van der Waals surface area contributed by atoms with Crippen LogP contribution in [0.15, 0.2) is 48.5 Å². The number of carbonyl (C=O) groups excluding carboxylic acids is 1. The maximum Gasteiger partial charge on any atom is 0.263 e. The number of benzene rings is 2. The molecule has 0 atom stereocenters. The Bertz CT molecular complexity index is 684. The predicted octanol–water partition coefficient (Wildman–Crippen LogP) is 3.70. The van der Waals surface area contributed by atoms with Gasteiger partial charge in [0, 0.05) is 5.02 Å². The molecule has 0 aromatic heterocycles. The largest absolute Gasteiger partial charge is 0.497 e. The summed E-state index contributed by atoms with van der Waals surface area (Å²) in [6.07, 6.45) is 0. The van der Waals surface area contributed by atoms with Crippen molar-refractivity contribution < 1.29 is 19.0 Å². The van der Waals surface area contributed by atoms with Gasteiger partial charge in [-0.05, 0) is 62.4 Å². The second-order valence-electron chi connectivity index (χ2n) is 5.85. The van der Waals surface area contributed by atoms with E-state index in [0.29, 0.717) is 29.7 Å². The number of ether oxygens (including phenoxy) is 3. The SMILES string of the molecule is COc1ccc(OCCNC(=O)C(C)(C)Oc2ccc(Cl)cc2)cc1. The normalized spacial score (nSPS) is 10.9. The van der Waals surface area contributed by atoms with Gasteiger partial charge in [-0.25, -0.2) is 0 Å². The molecule has 6 heteroatoms. The van der Waals surface area contributed by atoms with Gasteiger partial charge in [0.2, 0.25) is 0 Å². The molecule has 0 radical (unpaired) electrons. The van der Waals surface area contributed by atoms with Crippen LogP contribution in [-0.4, -0.2) is 31.8 Å². The predicted molar refractivity (Wildman–Crippen MR) is 97.7 cm³/mol. The molecule has 5 nitrogen and oxygen atoms in total. The summed E-state index contributed by atoms with van der Waals surface area (Å²) in [7, 11) is 1.61. The van der Waals surface area contributed by atoms with Crippen LogP contribution in [0.1, 0.15) is 13.8 Å². The van der Waals surface area contributed by atoms with E-state index in [2.05, 4.69) is 5.32 Å². The zero-order chi connectivity index (χ0) is 18.3. The molecule has 1 amide bonds. The van der Waals surface area contributed by atoms with Gasteiger partial charge in [-0.2, -0.15) is 0 Å². The topological polar surface area (TPSA) is 56.8 Å². The van der Waals surface area contributed by atoms with Crippen LogP contribution in [0, 0.1) is 0 Å². The van der Waals surface area contributed by atoms with Crippen LogP contribution in [0.3, 0.4) is 0 Å². The summed E-state index contributed by atoms with van der Waals surface area (Å²) in [6.45, 7) is 4.15. The van der Waals surface area contributed by atoms with Crippen molar-refractivity contribution in [2.24, 2.45) is 0 Å². The van der Waals surface area contributed by atoms with E-state index in [1.165, 1.54) is 0 Å². The summed E-state index contributed by atoms with van der Waals surface area (Å²) in [5, 5.41) is 3.42. The molecule has 0 unspecified atom stereocenters. The van der Waals surface area contributed by atoms with E-state index in [1.807, 2.05) is 24.3 Å². The first-order valence-corrected chi connectivity index (χ1v) is 8.28. The van der Waals surface area contributed by atoms with Crippen molar-refractivity contribution in [1.29, 1.82) is 0 Å². The van der Waals surface area contributed by atoms with Gasteiger partial charge in [-0.15, -0.1) is 0 Å². The lowest BCUT2D eigenvalue weighted by Gasteiger charge is -2.25. The van der Waals surface area contributed by atoms with Gasteiger partial charge in [0.1, 0.15) is 23.9 Å². The smallest absolute Gasteiger partial charge is 0.263 e. The number of methoxy groups -OCH3 is 1. The number of carbonyl (C=O) groups is 1. The van der Waals surface area contributed by atoms with E-state index in [1.54, 1.807) is 45.2 Å². The van der Waals surface area contributed by atoms with Crippen LogP contribution in [0.25, 0.3) is 0 Å². The van der Waals surface area contributed by atoms with E-state index in [4.69, 9.17) is 25.8 Å². The standard InChI is InChI=1S/C19H22ClNO4/c1-19(2,25-17-6-4-14(20)5-7-17)18(22)21-12-13-24-16-10-8-15(23-3)9-11-16/h4-11H,12-13H2,1-3H3,(H,21,22). The second kappa shape index (κ2) is 8.62. The number of halogens is 1. The lowest BCUT2D eigenvalue weighted by Crippen LogP contribution is -2.47. The van der Waals surface area contributed by atoms with Crippen LogP contribution in [0.5, 0.6) is 17.2 Å². The van der Waals surface area contributed by atoms with Gasteiger partial charge >= 0.3 is 0 Å². The summed E-state index contributed by atoms with van der Waals surface area (Å²) in [4.78, 5) is 12.3. The molecule has 0 aliphatic heterocycles. The molecule has 0 saturated heterocycles. The monoisotopic (exact) mass is 363 g/mol. The summed E-state index contributed by atoms with van der Waals surface area (Å²) in [5.41, 5.74) is -1.01. The minimum atomic E-state index is -1.01. The molecule has 0 heterocycles. The molecule has 0 saturated carbocycles. The Morgan fingerprint density at radius 3 is 2.16 bits per heavy atom. The molecule has 0 spiro atoms. The van der Waals surface area contributed by atoms with Gasteiger partial charge in [0.05, 0.1) is 13.7 Å². The molecule has 0 aliphatic rings. The van der Waals surface area contributed by atoms with Crippen LogP contribution >= 0.6 is 11.6 Å². The molecular weight excluding hydrogens is 342 g/mol. The lowest BCUT2D eigenvalue weighted by molar-refractivity contribution is -0.134. The van der Waals surface area contributed by atoms with Crippen LogP contribution in [-0.2, 0) is 4.79 Å². The summed E-state index contributed by atoms with van der Waals surface area (Å²) < 4.78 is 16.4. The molecule has 2 aromatic carbocycles. The average molecular weight is 364 g/mol. The number of amides is 1. The van der Waals surface area contributed by atoms with Gasteiger partial charge in [0.15, 0.2) is 5.60 Å². The van der Waals surface area contributed by atoms with Crippen molar-refractivity contribution in [2.75, 3.05) is 20.3 Å². The van der Waals surface area contributed by atoms with E-state index in [9.17, 15) is 4.79 Å². The average Bonchev–Trinajstić information content (AvgIpc) is 2.61. The zero-order valence-corrected chi connectivity index (χ0v) is 15.3. The lowest BCUT2D eigenvalue weighted by atomic mass is 10.1. The Kier molecular flexibility index (Phi) is 6.53. The van der Waals surface area contributed by atoms with Crippen molar-refractivity contribution in [3.05, 3.63) is 53.6 Å². The zero-order valence-electron chi connectivity index (χ0n) is 14.5. The third kappa shape index (κ3) is 5.87. The molecule has 25 heavy (non-hydrogen) atoms. The summed E-state index contributed by atoms with van der Waals surface area (Å²) in [5.74, 6) is 1.84. The molecule has 2 aromatic rings. The van der Waals surface area contributed by atoms with E-state index in [0.717, 1.165) is 5.75 Å².